The van der Waals surface area contributed by atoms with Crippen molar-refractivity contribution >= 4 is 11.7 Å². The summed E-state index contributed by atoms with van der Waals surface area (Å²) in [6, 6.07) is 1.32. The highest BCUT2D eigenvalue weighted by Gasteiger charge is 2.25. The van der Waals surface area contributed by atoms with Gasteiger partial charge in [-0.2, -0.15) is 0 Å². The van der Waals surface area contributed by atoms with Gasteiger partial charge in [-0.25, -0.2) is 9.18 Å². The van der Waals surface area contributed by atoms with E-state index in [0.29, 0.717) is 12.5 Å². The van der Waals surface area contributed by atoms with Crippen molar-refractivity contribution in [1.82, 2.24) is 20.1 Å². The van der Waals surface area contributed by atoms with Crippen LogP contribution in [0.3, 0.4) is 0 Å². The van der Waals surface area contributed by atoms with Gasteiger partial charge in [-0.15, -0.1) is 0 Å². The molecule has 128 valence electrons. The van der Waals surface area contributed by atoms with E-state index in [1.165, 1.54) is 12.3 Å². The van der Waals surface area contributed by atoms with Gasteiger partial charge in [0.25, 0.3) is 0 Å². The molecule has 0 radical (unpaired) electrons. The number of amides is 2. The average molecular weight is 323 g/mol. The third-order valence-corrected chi connectivity index (χ3v) is 4.27. The van der Waals surface area contributed by atoms with Crippen molar-refractivity contribution in [3.05, 3.63) is 24.3 Å². The van der Waals surface area contributed by atoms with Crippen LogP contribution in [-0.4, -0.2) is 66.6 Å². The quantitative estimate of drug-likeness (QED) is 0.864. The van der Waals surface area contributed by atoms with Crippen LogP contribution in [0.5, 0.6) is 0 Å². The lowest BCUT2D eigenvalue weighted by Gasteiger charge is -2.39. The Kier molecular flexibility index (Phi) is 6.29. The minimum absolute atomic E-state index is 0.137. The number of anilines is 1. The normalized spacial score (nSPS) is 18.0. The lowest BCUT2D eigenvalue weighted by Crippen LogP contribution is -2.54. The Morgan fingerprint density at radius 1 is 1.35 bits per heavy atom. The standard InChI is InChI=1S/C16H26FN5O/c1-12(2)15(22-8-6-21(3)7-9-22)11-19-16(23)20-14-4-5-18-10-13(14)17/h4-5,10,12,15H,6-9,11H2,1-3H3,(H2,18,19,20,23). The molecule has 1 aliphatic heterocycles. The van der Waals surface area contributed by atoms with E-state index in [4.69, 9.17) is 0 Å². The number of piperazine rings is 1. The number of aromatic nitrogens is 1. The van der Waals surface area contributed by atoms with E-state index in [-0.39, 0.29) is 11.7 Å². The predicted molar refractivity (Wildman–Crippen MR) is 88.9 cm³/mol. The van der Waals surface area contributed by atoms with Gasteiger partial charge in [0.2, 0.25) is 0 Å². The molecule has 0 aromatic carbocycles. The molecule has 6 nitrogen and oxygen atoms in total. The summed E-state index contributed by atoms with van der Waals surface area (Å²) < 4.78 is 13.5. The number of hydrogen-bond acceptors (Lipinski definition) is 4. The number of hydrogen-bond donors (Lipinski definition) is 2. The van der Waals surface area contributed by atoms with Gasteiger partial charge in [0.15, 0.2) is 5.82 Å². The van der Waals surface area contributed by atoms with Crippen LogP contribution >= 0.6 is 0 Å². The monoisotopic (exact) mass is 323 g/mol. The van der Waals surface area contributed by atoms with E-state index >= 15 is 0 Å². The molecule has 2 heterocycles. The van der Waals surface area contributed by atoms with Crippen molar-refractivity contribution < 1.29 is 9.18 Å². The third kappa shape index (κ3) is 5.14. The van der Waals surface area contributed by atoms with Gasteiger partial charge in [-0.05, 0) is 19.0 Å². The molecule has 0 spiro atoms. The molecule has 1 aromatic heterocycles. The van der Waals surface area contributed by atoms with E-state index < -0.39 is 11.8 Å². The molecule has 1 aromatic rings. The zero-order valence-corrected chi connectivity index (χ0v) is 14.1. The van der Waals surface area contributed by atoms with E-state index in [2.05, 4.69) is 46.3 Å². The van der Waals surface area contributed by atoms with Crippen LogP contribution in [0.1, 0.15) is 13.8 Å². The van der Waals surface area contributed by atoms with Crippen molar-refractivity contribution in [1.29, 1.82) is 0 Å². The van der Waals surface area contributed by atoms with Crippen LogP contribution in [0, 0.1) is 11.7 Å². The topological polar surface area (TPSA) is 60.5 Å². The molecule has 1 atom stereocenters. The second-order valence-corrected chi connectivity index (χ2v) is 6.34. The van der Waals surface area contributed by atoms with Gasteiger partial charge in [0.05, 0.1) is 11.9 Å². The maximum Gasteiger partial charge on any atom is 0.319 e. The van der Waals surface area contributed by atoms with E-state index in [1.54, 1.807) is 0 Å². The van der Waals surface area contributed by atoms with E-state index in [0.717, 1.165) is 32.4 Å². The van der Waals surface area contributed by atoms with E-state index in [9.17, 15) is 9.18 Å². The van der Waals surface area contributed by atoms with Gasteiger partial charge >= 0.3 is 6.03 Å². The summed E-state index contributed by atoms with van der Waals surface area (Å²) in [6.07, 6.45) is 2.52. The van der Waals surface area contributed by atoms with Gasteiger partial charge in [-0.1, -0.05) is 13.8 Å². The van der Waals surface area contributed by atoms with Crippen LogP contribution in [0.2, 0.25) is 0 Å². The number of halogens is 1. The number of carbonyl (C=O) groups excluding carboxylic acids is 1. The Balaban J connectivity index is 1.86. The third-order valence-electron chi connectivity index (χ3n) is 4.27. The van der Waals surface area contributed by atoms with Crippen LogP contribution in [0.15, 0.2) is 18.5 Å². The average Bonchev–Trinajstić information content (AvgIpc) is 2.51. The molecule has 2 rings (SSSR count). The predicted octanol–water partition coefficient (Wildman–Crippen LogP) is 1.61. The first-order valence-corrected chi connectivity index (χ1v) is 8.04. The molecule has 2 N–H and O–H groups in total. The van der Waals surface area contributed by atoms with Crippen LogP contribution in [0.25, 0.3) is 0 Å². The summed E-state index contributed by atoms with van der Waals surface area (Å²) >= 11 is 0. The summed E-state index contributed by atoms with van der Waals surface area (Å²) in [7, 11) is 2.12. The molecule has 0 bridgehead atoms. The Morgan fingerprint density at radius 2 is 2.04 bits per heavy atom. The van der Waals surface area contributed by atoms with Gasteiger partial charge in [-0.3, -0.25) is 9.88 Å². The summed E-state index contributed by atoms with van der Waals surface area (Å²) in [4.78, 5) is 20.4. The van der Waals surface area contributed by atoms with Crippen molar-refractivity contribution in [3.63, 3.8) is 0 Å². The zero-order valence-electron chi connectivity index (χ0n) is 14.1. The number of nitrogens with zero attached hydrogens (tertiary/aromatic N) is 3. The first-order chi connectivity index (χ1) is 11.0. The number of nitrogens with one attached hydrogen (secondary N) is 2. The number of urea groups is 1. The first-order valence-electron chi connectivity index (χ1n) is 8.04. The molecule has 1 fully saturated rings. The number of likely N-dealkylation sites (N-methyl/N-ethyl adjacent to an activating group) is 1. The molecule has 1 saturated heterocycles. The molecule has 23 heavy (non-hydrogen) atoms. The minimum Gasteiger partial charge on any atom is -0.336 e. The zero-order chi connectivity index (χ0) is 16.8. The molecule has 2 amide bonds. The fourth-order valence-electron chi connectivity index (χ4n) is 2.78. The molecular weight excluding hydrogens is 297 g/mol. The second kappa shape index (κ2) is 8.21. The summed E-state index contributed by atoms with van der Waals surface area (Å²) in [5, 5.41) is 5.38. The highest BCUT2D eigenvalue weighted by atomic mass is 19.1. The Bertz CT molecular complexity index is 517. The molecule has 0 saturated carbocycles. The Morgan fingerprint density at radius 3 is 2.65 bits per heavy atom. The van der Waals surface area contributed by atoms with Crippen molar-refractivity contribution in [2.75, 3.05) is 45.1 Å². The molecule has 1 unspecified atom stereocenters. The number of carbonyl (C=O) groups is 1. The van der Waals surface area contributed by atoms with Crippen LogP contribution in [0.4, 0.5) is 14.9 Å². The largest absolute Gasteiger partial charge is 0.336 e. The maximum absolute atomic E-state index is 13.5. The lowest BCUT2D eigenvalue weighted by atomic mass is 10.0. The molecule has 0 aliphatic carbocycles. The molecule has 1 aliphatic rings. The minimum atomic E-state index is -0.540. The SMILES string of the molecule is CC(C)C(CNC(=O)Nc1ccncc1F)N1CCN(C)CC1. The fourth-order valence-corrected chi connectivity index (χ4v) is 2.78. The van der Waals surface area contributed by atoms with Crippen LogP contribution < -0.4 is 10.6 Å². The summed E-state index contributed by atoms with van der Waals surface area (Å²) in [5.41, 5.74) is 0.137. The van der Waals surface area contributed by atoms with Crippen molar-refractivity contribution in [3.8, 4) is 0 Å². The number of rotatable bonds is 5. The van der Waals surface area contributed by atoms with Crippen LogP contribution in [-0.2, 0) is 0 Å². The van der Waals surface area contributed by atoms with Gasteiger partial charge < -0.3 is 15.5 Å². The van der Waals surface area contributed by atoms with Gasteiger partial charge in [0.1, 0.15) is 0 Å². The second-order valence-electron chi connectivity index (χ2n) is 6.34. The Hall–Kier alpha value is -1.73. The molecular formula is C16H26FN5O. The Labute approximate surface area is 137 Å². The highest BCUT2D eigenvalue weighted by molar-refractivity contribution is 5.89. The maximum atomic E-state index is 13.5. The highest BCUT2D eigenvalue weighted by Crippen LogP contribution is 2.13. The lowest BCUT2D eigenvalue weighted by molar-refractivity contribution is 0.0890. The summed E-state index contributed by atoms with van der Waals surface area (Å²) in [5.74, 6) is -0.113. The summed E-state index contributed by atoms with van der Waals surface area (Å²) in [6.45, 7) is 8.94. The first kappa shape index (κ1) is 17.6. The van der Waals surface area contributed by atoms with Crippen molar-refractivity contribution in [2.45, 2.75) is 19.9 Å². The van der Waals surface area contributed by atoms with Gasteiger partial charge in [0, 0.05) is 45.0 Å². The van der Waals surface area contributed by atoms with Crippen molar-refractivity contribution in [2.24, 2.45) is 5.92 Å². The smallest absolute Gasteiger partial charge is 0.319 e. The number of pyridine rings is 1. The van der Waals surface area contributed by atoms with E-state index in [1.807, 2.05) is 0 Å². The fraction of sp³-hybridized carbons (Fsp3) is 0.625. The molecule has 7 heteroatoms.